The van der Waals surface area contributed by atoms with Gasteiger partial charge in [-0.05, 0) is 12.8 Å². The van der Waals surface area contributed by atoms with Gasteiger partial charge in [0.05, 0.1) is 11.5 Å². The number of hydrogen-bond acceptors (Lipinski definition) is 6. The van der Waals surface area contributed by atoms with Crippen molar-refractivity contribution in [1.82, 2.24) is 10.1 Å². The maximum absolute atomic E-state index is 11.3. The van der Waals surface area contributed by atoms with Crippen LogP contribution in [-0.2, 0) is 9.84 Å². The minimum Gasteiger partial charge on any atom is -0.338 e. The Balaban J connectivity index is 2.02. The molecule has 7 heteroatoms. The second-order valence-corrected chi connectivity index (χ2v) is 6.21. The summed E-state index contributed by atoms with van der Waals surface area (Å²) >= 11 is 0. The zero-order valence-electron chi connectivity index (χ0n) is 9.14. The van der Waals surface area contributed by atoms with Gasteiger partial charge in [-0.2, -0.15) is 4.98 Å². The Labute approximate surface area is 94.3 Å². The molecule has 0 saturated carbocycles. The molecule has 1 N–H and O–H groups in total. The van der Waals surface area contributed by atoms with Gasteiger partial charge in [-0.3, -0.25) is 0 Å². The van der Waals surface area contributed by atoms with Gasteiger partial charge in [0, 0.05) is 12.5 Å². The van der Waals surface area contributed by atoms with E-state index in [1.807, 2.05) is 6.92 Å². The molecule has 0 radical (unpaired) electrons. The molecule has 0 aromatic carbocycles. The van der Waals surface area contributed by atoms with Gasteiger partial charge in [-0.1, -0.05) is 12.1 Å². The second-order valence-electron chi connectivity index (χ2n) is 3.98. The Morgan fingerprint density at radius 3 is 3.00 bits per heavy atom. The number of sulfone groups is 1. The van der Waals surface area contributed by atoms with Crippen molar-refractivity contribution in [3.8, 4) is 0 Å². The number of hydrogen-bond donors (Lipinski definition) is 1. The first kappa shape index (κ1) is 11.4. The standard InChI is InChI=1S/C9H15N3O3S/c1-2-4-10-9-11-8(12-15-9)7-3-5-16(13,14)6-7/h7H,2-6H2,1H3,(H,10,11,12). The lowest BCUT2D eigenvalue weighted by atomic mass is 10.1. The molecule has 1 fully saturated rings. The Hall–Kier alpha value is -1.11. The van der Waals surface area contributed by atoms with Crippen molar-refractivity contribution in [3.05, 3.63) is 5.82 Å². The number of nitrogens with one attached hydrogen (secondary N) is 1. The van der Waals surface area contributed by atoms with Crippen molar-refractivity contribution in [2.45, 2.75) is 25.7 Å². The average molecular weight is 245 g/mol. The van der Waals surface area contributed by atoms with Crippen LogP contribution < -0.4 is 5.32 Å². The van der Waals surface area contributed by atoms with Crippen LogP contribution in [-0.4, -0.2) is 36.6 Å². The summed E-state index contributed by atoms with van der Waals surface area (Å²) in [5.41, 5.74) is 0. The molecule has 1 unspecified atom stereocenters. The lowest BCUT2D eigenvalue weighted by molar-refractivity contribution is 0.418. The van der Waals surface area contributed by atoms with Crippen molar-refractivity contribution in [2.75, 3.05) is 23.4 Å². The van der Waals surface area contributed by atoms with E-state index in [0.29, 0.717) is 18.3 Å². The van der Waals surface area contributed by atoms with Gasteiger partial charge in [0.2, 0.25) is 0 Å². The average Bonchev–Trinajstić information content (AvgIpc) is 2.81. The molecule has 2 rings (SSSR count). The van der Waals surface area contributed by atoms with Crippen LogP contribution in [0.25, 0.3) is 0 Å². The van der Waals surface area contributed by atoms with Crippen LogP contribution in [0, 0.1) is 0 Å². The van der Waals surface area contributed by atoms with E-state index in [2.05, 4.69) is 15.5 Å². The number of rotatable bonds is 4. The van der Waals surface area contributed by atoms with E-state index in [0.717, 1.165) is 13.0 Å². The van der Waals surface area contributed by atoms with Gasteiger partial charge in [0.25, 0.3) is 0 Å². The molecule has 16 heavy (non-hydrogen) atoms. The van der Waals surface area contributed by atoms with E-state index in [1.165, 1.54) is 0 Å². The molecule has 6 nitrogen and oxygen atoms in total. The molecule has 0 aliphatic carbocycles. The lowest BCUT2D eigenvalue weighted by Gasteiger charge is -1.98. The molecule has 1 atom stereocenters. The summed E-state index contributed by atoms with van der Waals surface area (Å²) in [6.07, 6.45) is 1.56. The molecule has 0 bridgehead atoms. The monoisotopic (exact) mass is 245 g/mol. The summed E-state index contributed by atoms with van der Waals surface area (Å²) in [4.78, 5) is 4.14. The summed E-state index contributed by atoms with van der Waals surface area (Å²) < 4.78 is 27.6. The van der Waals surface area contributed by atoms with E-state index in [1.54, 1.807) is 0 Å². The molecule has 1 aliphatic rings. The fourth-order valence-electron chi connectivity index (χ4n) is 1.70. The van der Waals surface area contributed by atoms with Crippen LogP contribution in [0.4, 0.5) is 6.01 Å². The van der Waals surface area contributed by atoms with E-state index in [9.17, 15) is 8.42 Å². The minimum atomic E-state index is -2.89. The normalized spacial score (nSPS) is 23.4. The maximum Gasteiger partial charge on any atom is 0.321 e. The highest BCUT2D eigenvalue weighted by Crippen LogP contribution is 2.27. The number of nitrogens with zero attached hydrogens (tertiary/aromatic N) is 2. The Bertz CT molecular complexity index is 454. The Morgan fingerprint density at radius 1 is 1.56 bits per heavy atom. The molecule has 0 spiro atoms. The van der Waals surface area contributed by atoms with Crippen molar-refractivity contribution < 1.29 is 12.9 Å². The molecule has 1 aliphatic heterocycles. The largest absolute Gasteiger partial charge is 0.338 e. The molecular formula is C9H15N3O3S. The summed E-state index contributed by atoms with van der Waals surface area (Å²) in [5.74, 6) is 0.759. The predicted octanol–water partition coefficient (Wildman–Crippen LogP) is 0.794. The van der Waals surface area contributed by atoms with Crippen LogP contribution >= 0.6 is 0 Å². The highest BCUT2D eigenvalue weighted by atomic mass is 32.2. The van der Waals surface area contributed by atoms with E-state index >= 15 is 0 Å². The van der Waals surface area contributed by atoms with Gasteiger partial charge in [-0.25, -0.2) is 8.42 Å². The van der Waals surface area contributed by atoms with E-state index in [-0.39, 0.29) is 17.4 Å². The van der Waals surface area contributed by atoms with Gasteiger partial charge < -0.3 is 9.84 Å². The van der Waals surface area contributed by atoms with Crippen LogP contribution in [0.5, 0.6) is 0 Å². The highest BCUT2D eigenvalue weighted by Gasteiger charge is 2.32. The fourth-order valence-corrected chi connectivity index (χ4v) is 3.44. The summed E-state index contributed by atoms with van der Waals surface area (Å²) in [6.45, 7) is 2.80. The maximum atomic E-state index is 11.3. The smallest absolute Gasteiger partial charge is 0.321 e. The van der Waals surface area contributed by atoms with Crippen molar-refractivity contribution in [1.29, 1.82) is 0 Å². The number of anilines is 1. The van der Waals surface area contributed by atoms with Crippen LogP contribution in [0.3, 0.4) is 0 Å². The van der Waals surface area contributed by atoms with Crippen LogP contribution in [0.1, 0.15) is 31.5 Å². The van der Waals surface area contributed by atoms with Crippen LogP contribution in [0.15, 0.2) is 4.52 Å². The van der Waals surface area contributed by atoms with E-state index in [4.69, 9.17) is 4.52 Å². The molecule has 90 valence electrons. The lowest BCUT2D eigenvalue weighted by Crippen LogP contribution is -2.05. The molecule has 0 amide bonds. The predicted molar refractivity (Wildman–Crippen MR) is 59.1 cm³/mol. The summed E-state index contributed by atoms with van der Waals surface area (Å²) in [5, 5.41) is 6.77. The Morgan fingerprint density at radius 2 is 2.38 bits per heavy atom. The van der Waals surface area contributed by atoms with Gasteiger partial charge in [-0.15, -0.1) is 0 Å². The molecule has 2 heterocycles. The third-order valence-electron chi connectivity index (χ3n) is 2.57. The summed E-state index contributed by atoms with van der Waals surface area (Å²) in [6, 6.07) is 0.376. The zero-order valence-corrected chi connectivity index (χ0v) is 9.96. The highest BCUT2D eigenvalue weighted by molar-refractivity contribution is 7.91. The van der Waals surface area contributed by atoms with E-state index < -0.39 is 9.84 Å². The van der Waals surface area contributed by atoms with Crippen LogP contribution in [0.2, 0.25) is 0 Å². The third kappa shape index (κ3) is 2.52. The topological polar surface area (TPSA) is 85.1 Å². The zero-order chi connectivity index (χ0) is 11.6. The third-order valence-corrected chi connectivity index (χ3v) is 4.33. The first-order valence-corrected chi connectivity index (χ1v) is 7.21. The van der Waals surface area contributed by atoms with Gasteiger partial charge in [0.15, 0.2) is 15.7 Å². The second kappa shape index (κ2) is 4.40. The minimum absolute atomic E-state index is 0.106. The molecule has 1 saturated heterocycles. The molecule has 1 aromatic rings. The first-order valence-electron chi connectivity index (χ1n) is 5.38. The van der Waals surface area contributed by atoms with Crippen molar-refractivity contribution in [2.24, 2.45) is 0 Å². The fraction of sp³-hybridized carbons (Fsp3) is 0.778. The quantitative estimate of drug-likeness (QED) is 0.844. The van der Waals surface area contributed by atoms with Crippen molar-refractivity contribution >= 4 is 15.9 Å². The number of aromatic nitrogens is 2. The first-order chi connectivity index (χ1) is 7.61. The van der Waals surface area contributed by atoms with Gasteiger partial charge >= 0.3 is 6.01 Å². The molecule has 1 aromatic heterocycles. The summed E-state index contributed by atoms with van der Waals surface area (Å²) in [7, 11) is -2.89. The molecular weight excluding hydrogens is 230 g/mol. The SMILES string of the molecule is CCCNc1nc(C2CCS(=O)(=O)C2)no1. The van der Waals surface area contributed by atoms with Crippen molar-refractivity contribution in [3.63, 3.8) is 0 Å². The van der Waals surface area contributed by atoms with Gasteiger partial charge in [0.1, 0.15) is 0 Å². The Kier molecular flexibility index (Phi) is 3.13.